The van der Waals surface area contributed by atoms with Gasteiger partial charge in [0.15, 0.2) is 0 Å². The van der Waals surface area contributed by atoms with Gasteiger partial charge in [0, 0.05) is 6.20 Å². The molecule has 0 aromatic carbocycles. The third kappa shape index (κ3) is 1.42. The summed E-state index contributed by atoms with van der Waals surface area (Å²) < 4.78 is 1.36. The normalized spacial score (nSPS) is 10.4. The van der Waals surface area contributed by atoms with Crippen molar-refractivity contribution in [3.8, 4) is 10.6 Å². The minimum Gasteiger partial charge on any atom is -0.361 e. The van der Waals surface area contributed by atoms with E-state index in [9.17, 15) is 0 Å². The van der Waals surface area contributed by atoms with Gasteiger partial charge in [-0.3, -0.25) is 0 Å². The molecule has 3 heteroatoms. The highest BCUT2D eigenvalue weighted by atomic mass is 32.2. The Bertz CT molecular complexity index is 348. The molecule has 0 aliphatic rings. The molecule has 0 aliphatic carbocycles. The van der Waals surface area contributed by atoms with Crippen molar-refractivity contribution in [2.45, 2.75) is 4.21 Å². The predicted molar refractivity (Wildman–Crippen MR) is 55.9 cm³/mol. The Hall–Kier alpha value is -0.670. The second-order valence-corrected chi connectivity index (χ2v) is 4.60. The fourth-order valence-electron chi connectivity index (χ4n) is 1.06. The van der Waals surface area contributed by atoms with Crippen LogP contribution in [0.15, 0.2) is 34.7 Å². The Labute approximate surface area is 79.8 Å². The molecule has 0 radical (unpaired) electrons. The molecule has 62 valence electrons. The number of aromatic nitrogens is 1. The van der Waals surface area contributed by atoms with Crippen LogP contribution in [0.2, 0.25) is 0 Å². The van der Waals surface area contributed by atoms with Gasteiger partial charge >= 0.3 is 0 Å². The van der Waals surface area contributed by atoms with E-state index in [-0.39, 0.29) is 0 Å². The Morgan fingerprint density at radius 3 is 2.83 bits per heavy atom. The molecule has 0 amide bonds. The van der Waals surface area contributed by atoms with E-state index in [4.69, 9.17) is 0 Å². The standard InChI is InChI=1S/C9H9NS2/c1-11-9-5-4-8(12-9)7-3-2-6-10-7/h2-6,10H,1H3. The van der Waals surface area contributed by atoms with Crippen molar-refractivity contribution in [3.05, 3.63) is 30.5 Å². The van der Waals surface area contributed by atoms with Crippen molar-refractivity contribution >= 4 is 23.1 Å². The summed E-state index contributed by atoms with van der Waals surface area (Å²) >= 11 is 3.61. The summed E-state index contributed by atoms with van der Waals surface area (Å²) in [6, 6.07) is 8.43. The summed E-state index contributed by atoms with van der Waals surface area (Å²) in [5, 5.41) is 0. The van der Waals surface area contributed by atoms with Gasteiger partial charge in [-0.05, 0) is 30.5 Å². The van der Waals surface area contributed by atoms with Gasteiger partial charge in [-0.2, -0.15) is 0 Å². The molecule has 0 aliphatic heterocycles. The van der Waals surface area contributed by atoms with Gasteiger partial charge in [-0.1, -0.05) is 0 Å². The molecule has 0 fully saturated rings. The first-order valence-electron chi connectivity index (χ1n) is 3.68. The fraction of sp³-hybridized carbons (Fsp3) is 0.111. The predicted octanol–water partition coefficient (Wildman–Crippen LogP) is 3.47. The number of nitrogens with one attached hydrogen (secondary N) is 1. The molecule has 0 bridgehead atoms. The largest absolute Gasteiger partial charge is 0.361 e. The quantitative estimate of drug-likeness (QED) is 0.725. The molecule has 0 spiro atoms. The maximum absolute atomic E-state index is 3.19. The SMILES string of the molecule is CSc1ccc(-c2ccc[nH]2)s1. The lowest BCUT2D eigenvalue weighted by molar-refractivity contribution is 1.42. The Balaban J connectivity index is 2.35. The van der Waals surface area contributed by atoms with E-state index in [2.05, 4.69) is 29.4 Å². The molecular weight excluding hydrogens is 186 g/mol. The van der Waals surface area contributed by atoms with Crippen molar-refractivity contribution in [2.75, 3.05) is 6.26 Å². The van der Waals surface area contributed by atoms with Gasteiger partial charge in [0.2, 0.25) is 0 Å². The minimum absolute atomic E-state index is 1.21. The second-order valence-electron chi connectivity index (χ2n) is 2.41. The van der Waals surface area contributed by atoms with Crippen molar-refractivity contribution in [2.24, 2.45) is 0 Å². The second kappa shape index (κ2) is 3.37. The number of aromatic amines is 1. The lowest BCUT2D eigenvalue weighted by atomic mass is 10.3. The average molecular weight is 195 g/mol. The average Bonchev–Trinajstić information content (AvgIpc) is 2.75. The first kappa shape index (κ1) is 7.95. The smallest absolute Gasteiger partial charge is 0.0603 e. The van der Waals surface area contributed by atoms with E-state index < -0.39 is 0 Å². The molecule has 0 atom stereocenters. The lowest BCUT2D eigenvalue weighted by Gasteiger charge is -1.88. The van der Waals surface area contributed by atoms with Gasteiger partial charge < -0.3 is 4.98 Å². The van der Waals surface area contributed by atoms with Gasteiger partial charge in [0.25, 0.3) is 0 Å². The first-order valence-corrected chi connectivity index (χ1v) is 5.72. The van der Waals surface area contributed by atoms with Gasteiger partial charge in [0.05, 0.1) is 14.8 Å². The van der Waals surface area contributed by atoms with Crippen molar-refractivity contribution in [1.82, 2.24) is 4.98 Å². The minimum atomic E-state index is 1.21. The molecule has 0 saturated carbocycles. The van der Waals surface area contributed by atoms with E-state index in [0.717, 1.165) is 0 Å². The number of thiophene rings is 1. The highest BCUT2D eigenvalue weighted by molar-refractivity contribution is 8.00. The van der Waals surface area contributed by atoms with E-state index >= 15 is 0 Å². The Kier molecular flexibility index (Phi) is 2.23. The summed E-state index contributed by atoms with van der Waals surface area (Å²) in [6.45, 7) is 0. The van der Waals surface area contributed by atoms with Crippen LogP contribution in [0.3, 0.4) is 0 Å². The number of hydrogen-bond donors (Lipinski definition) is 1. The van der Waals surface area contributed by atoms with Crippen LogP contribution in [0.1, 0.15) is 0 Å². The maximum Gasteiger partial charge on any atom is 0.0603 e. The molecule has 2 aromatic heterocycles. The molecular formula is C9H9NS2. The molecule has 2 rings (SSSR count). The topological polar surface area (TPSA) is 15.8 Å². The third-order valence-corrected chi connectivity index (χ3v) is 3.85. The van der Waals surface area contributed by atoms with Crippen LogP contribution in [0.25, 0.3) is 10.6 Å². The highest BCUT2D eigenvalue weighted by Gasteiger charge is 2.01. The first-order chi connectivity index (χ1) is 5.90. The monoisotopic (exact) mass is 195 g/mol. The number of thioether (sulfide) groups is 1. The van der Waals surface area contributed by atoms with Crippen LogP contribution in [0.5, 0.6) is 0 Å². The van der Waals surface area contributed by atoms with Gasteiger partial charge in [-0.15, -0.1) is 23.1 Å². The van der Waals surface area contributed by atoms with Crippen LogP contribution in [-0.4, -0.2) is 11.2 Å². The summed E-state index contributed by atoms with van der Waals surface area (Å²) in [6.07, 6.45) is 4.05. The third-order valence-electron chi connectivity index (χ3n) is 1.65. The van der Waals surface area contributed by atoms with Crippen LogP contribution >= 0.6 is 23.1 Å². The number of hydrogen-bond acceptors (Lipinski definition) is 2. The van der Waals surface area contributed by atoms with Crippen LogP contribution in [-0.2, 0) is 0 Å². The van der Waals surface area contributed by atoms with E-state index in [0.29, 0.717) is 0 Å². The fourth-order valence-corrected chi connectivity index (χ4v) is 2.59. The summed E-state index contributed by atoms with van der Waals surface area (Å²) in [5.74, 6) is 0. The van der Waals surface area contributed by atoms with Crippen LogP contribution in [0, 0.1) is 0 Å². The molecule has 0 unspecified atom stereocenters. The van der Waals surface area contributed by atoms with Crippen molar-refractivity contribution in [1.29, 1.82) is 0 Å². The van der Waals surface area contributed by atoms with E-state index in [1.54, 1.807) is 11.8 Å². The molecule has 0 saturated heterocycles. The lowest BCUT2D eigenvalue weighted by Crippen LogP contribution is -1.65. The Morgan fingerprint density at radius 1 is 1.33 bits per heavy atom. The van der Waals surface area contributed by atoms with Crippen LogP contribution in [0.4, 0.5) is 0 Å². The van der Waals surface area contributed by atoms with Crippen LogP contribution < -0.4 is 0 Å². The van der Waals surface area contributed by atoms with E-state index in [1.165, 1.54) is 14.8 Å². The molecule has 1 N–H and O–H groups in total. The zero-order valence-electron chi connectivity index (χ0n) is 6.70. The number of rotatable bonds is 2. The summed E-state index contributed by atoms with van der Waals surface area (Å²) in [4.78, 5) is 4.50. The zero-order valence-corrected chi connectivity index (χ0v) is 8.34. The number of H-pyrrole nitrogens is 1. The molecule has 2 heterocycles. The van der Waals surface area contributed by atoms with Crippen molar-refractivity contribution in [3.63, 3.8) is 0 Å². The van der Waals surface area contributed by atoms with Gasteiger partial charge in [-0.25, -0.2) is 0 Å². The maximum atomic E-state index is 3.19. The highest BCUT2D eigenvalue weighted by Crippen LogP contribution is 2.31. The summed E-state index contributed by atoms with van der Waals surface area (Å²) in [5.41, 5.74) is 1.21. The molecule has 2 aromatic rings. The van der Waals surface area contributed by atoms with E-state index in [1.807, 2.05) is 23.6 Å². The van der Waals surface area contributed by atoms with Gasteiger partial charge in [0.1, 0.15) is 0 Å². The molecule has 12 heavy (non-hydrogen) atoms. The molecule has 1 nitrogen and oxygen atoms in total. The Morgan fingerprint density at radius 2 is 2.25 bits per heavy atom. The summed E-state index contributed by atoms with van der Waals surface area (Å²) in [7, 11) is 0. The van der Waals surface area contributed by atoms with Crippen molar-refractivity contribution < 1.29 is 0 Å². The zero-order chi connectivity index (χ0) is 8.39.